The van der Waals surface area contributed by atoms with Gasteiger partial charge in [0.15, 0.2) is 0 Å². The van der Waals surface area contributed by atoms with Gasteiger partial charge in [-0.25, -0.2) is 0 Å². The van der Waals surface area contributed by atoms with Gasteiger partial charge in [-0.15, -0.1) is 0 Å². The first-order valence-electron chi connectivity index (χ1n) is 8.37. The molecule has 0 unspecified atom stereocenters. The van der Waals surface area contributed by atoms with Crippen LogP contribution in [-0.4, -0.2) is 0 Å². The number of nitrogens with zero attached hydrogens (tertiary/aromatic N) is 1. The summed E-state index contributed by atoms with van der Waals surface area (Å²) in [5.74, 6) is 0. The first-order valence-corrected chi connectivity index (χ1v) is 8.37. The minimum Gasteiger partial charge on any atom is -0.194 e. The van der Waals surface area contributed by atoms with Crippen molar-refractivity contribution < 1.29 is 4.57 Å². The molecule has 0 atom stereocenters. The fourth-order valence-corrected chi connectivity index (χ4v) is 4.09. The van der Waals surface area contributed by atoms with Crippen LogP contribution in [0.5, 0.6) is 0 Å². The molecule has 0 saturated carbocycles. The van der Waals surface area contributed by atoms with Crippen LogP contribution in [0.3, 0.4) is 0 Å². The molecular formula is C23H18N+. The average Bonchev–Trinajstić information content (AvgIpc) is 2.94. The third-order valence-electron chi connectivity index (χ3n) is 5.23. The highest BCUT2D eigenvalue weighted by Gasteiger charge is 2.30. The Labute approximate surface area is 141 Å². The highest BCUT2D eigenvalue weighted by atomic mass is 15.0. The number of rotatable bonds is 1. The van der Waals surface area contributed by atoms with E-state index in [0.717, 1.165) is 0 Å². The van der Waals surface area contributed by atoms with Gasteiger partial charge in [-0.1, -0.05) is 48.5 Å². The van der Waals surface area contributed by atoms with E-state index >= 15 is 0 Å². The monoisotopic (exact) mass is 308 g/mol. The molecule has 3 aromatic carbocycles. The highest BCUT2D eigenvalue weighted by Crippen LogP contribution is 2.45. The minimum absolute atomic E-state index is 1.26. The molecule has 0 saturated heterocycles. The van der Waals surface area contributed by atoms with Crippen LogP contribution in [0.2, 0.25) is 0 Å². The van der Waals surface area contributed by atoms with Crippen molar-refractivity contribution in [3.63, 3.8) is 0 Å². The number of aryl methyl sites for hydroxylation is 1. The van der Waals surface area contributed by atoms with E-state index in [-0.39, 0.29) is 0 Å². The molecule has 0 aliphatic heterocycles. The van der Waals surface area contributed by atoms with Crippen LogP contribution in [0, 0.1) is 6.92 Å². The molecule has 1 aromatic heterocycles. The molecule has 0 amide bonds. The van der Waals surface area contributed by atoms with Gasteiger partial charge in [-0.3, -0.25) is 0 Å². The summed E-state index contributed by atoms with van der Waals surface area (Å²) in [6.07, 6.45) is 0. The minimum atomic E-state index is 1.26. The number of pyridine rings is 1. The fourth-order valence-electron chi connectivity index (χ4n) is 4.09. The average molecular weight is 308 g/mol. The van der Waals surface area contributed by atoms with Gasteiger partial charge in [0.2, 0.25) is 11.4 Å². The molecule has 4 aromatic rings. The van der Waals surface area contributed by atoms with Crippen molar-refractivity contribution in [3.8, 4) is 33.6 Å². The Hall–Kier alpha value is -2.93. The van der Waals surface area contributed by atoms with Crippen molar-refractivity contribution in [3.05, 3.63) is 78.4 Å². The Morgan fingerprint density at radius 2 is 1.33 bits per heavy atom. The Morgan fingerprint density at radius 3 is 2.12 bits per heavy atom. The summed E-state index contributed by atoms with van der Waals surface area (Å²) in [7, 11) is 2.19. The van der Waals surface area contributed by atoms with Crippen LogP contribution in [0.15, 0.2) is 72.8 Å². The lowest BCUT2D eigenvalue weighted by molar-refractivity contribution is -0.648. The van der Waals surface area contributed by atoms with Gasteiger partial charge in [0, 0.05) is 17.0 Å². The van der Waals surface area contributed by atoms with Crippen molar-refractivity contribution >= 4 is 10.8 Å². The van der Waals surface area contributed by atoms with E-state index in [4.69, 9.17) is 0 Å². The maximum absolute atomic E-state index is 2.35. The van der Waals surface area contributed by atoms with Gasteiger partial charge in [-0.05, 0) is 41.6 Å². The van der Waals surface area contributed by atoms with Crippen LogP contribution in [0.4, 0.5) is 0 Å². The maximum atomic E-state index is 2.35. The smallest absolute Gasteiger partial charge is 0.194 e. The molecule has 0 N–H and O–H groups in total. The zero-order chi connectivity index (χ0) is 16.3. The molecule has 0 spiro atoms. The summed E-state index contributed by atoms with van der Waals surface area (Å²) in [5.41, 5.74) is 9.22. The van der Waals surface area contributed by atoms with Gasteiger partial charge in [0.05, 0.1) is 11.1 Å². The molecule has 24 heavy (non-hydrogen) atoms. The highest BCUT2D eigenvalue weighted by molar-refractivity contribution is 6.13. The number of benzene rings is 3. The lowest BCUT2D eigenvalue weighted by Gasteiger charge is -2.08. The predicted octanol–water partition coefficient (Wildman–Crippen LogP) is 5.29. The fraction of sp³-hybridized carbons (Fsp3) is 0.0870. The number of hydrogen-bond donors (Lipinski definition) is 0. The molecule has 114 valence electrons. The zero-order valence-corrected chi connectivity index (χ0v) is 13.9. The summed E-state index contributed by atoms with van der Waals surface area (Å²) >= 11 is 0. The Morgan fingerprint density at radius 1 is 0.625 bits per heavy atom. The van der Waals surface area contributed by atoms with Gasteiger partial charge >= 0.3 is 0 Å². The Bertz CT molecular complexity index is 1120. The summed E-state index contributed by atoms with van der Waals surface area (Å²) in [6, 6.07) is 26.4. The summed E-state index contributed by atoms with van der Waals surface area (Å²) in [4.78, 5) is 0. The first kappa shape index (κ1) is 13.5. The van der Waals surface area contributed by atoms with Crippen LogP contribution in [0.1, 0.15) is 5.56 Å². The molecule has 0 radical (unpaired) electrons. The van der Waals surface area contributed by atoms with Gasteiger partial charge in [0.1, 0.15) is 7.05 Å². The quantitative estimate of drug-likeness (QED) is 0.371. The van der Waals surface area contributed by atoms with Crippen molar-refractivity contribution in [2.24, 2.45) is 7.05 Å². The molecule has 1 heterocycles. The largest absolute Gasteiger partial charge is 0.221 e. The van der Waals surface area contributed by atoms with E-state index in [0.29, 0.717) is 0 Å². The summed E-state index contributed by atoms with van der Waals surface area (Å²) < 4.78 is 2.35. The van der Waals surface area contributed by atoms with Gasteiger partial charge in [-0.2, -0.15) is 4.57 Å². The van der Waals surface area contributed by atoms with Crippen molar-refractivity contribution in [2.75, 3.05) is 0 Å². The molecule has 5 rings (SSSR count). The van der Waals surface area contributed by atoms with Gasteiger partial charge < -0.3 is 0 Å². The zero-order valence-electron chi connectivity index (χ0n) is 13.9. The van der Waals surface area contributed by atoms with Crippen LogP contribution in [-0.2, 0) is 7.05 Å². The third-order valence-corrected chi connectivity index (χ3v) is 5.23. The van der Waals surface area contributed by atoms with E-state index in [1.165, 1.54) is 50.0 Å². The molecule has 1 aliphatic rings. The van der Waals surface area contributed by atoms with Crippen LogP contribution >= 0.6 is 0 Å². The first-order chi connectivity index (χ1) is 11.8. The van der Waals surface area contributed by atoms with E-state index in [9.17, 15) is 0 Å². The SMILES string of the molecule is Cc1ccccc1-c1ccc2c([n+]1C)-c1cccc3cccc-2c13. The lowest BCUT2D eigenvalue weighted by atomic mass is 10.0. The molecular weight excluding hydrogens is 290 g/mol. The predicted molar refractivity (Wildman–Crippen MR) is 99.7 cm³/mol. The van der Waals surface area contributed by atoms with E-state index in [2.05, 4.69) is 91.3 Å². The van der Waals surface area contributed by atoms with E-state index in [1.807, 2.05) is 0 Å². The third kappa shape index (κ3) is 1.67. The van der Waals surface area contributed by atoms with E-state index in [1.54, 1.807) is 0 Å². The lowest BCUT2D eigenvalue weighted by Crippen LogP contribution is -2.34. The maximum Gasteiger partial charge on any atom is 0.221 e. The second kappa shape index (κ2) is 4.78. The van der Waals surface area contributed by atoms with Crippen LogP contribution in [0.25, 0.3) is 44.4 Å². The molecule has 1 aliphatic carbocycles. The Kier molecular flexibility index (Phi) is 2.69. The van der Waals surface area contributed by atoms with Gasteiger partial charge in [0.25, 0.3) is 0 Å². The summed E-state index contributed by atoms with van der Waals surface area (Å²) in [5, 5.41) is 2.70. The Balaban J connectivity index is 1.87. The molecule has 0 fully saturated rings. The van der Waals surface area contributed by atoms with Crippen molar-refractivity contribution in [1.82, 2.24) is 0 Å². The molecule has 1 heteroatoms. The number of hydrogen-bond acceptors (Lipinski definition) is 0. The second-order valence-corrected chi connectivity index (χ2v) is 6.56. The standard InChI is InChI=1S/C23H18N/c1-15-7-3-4-10-17(15)21-14-13-19-18-11-5-8-16-9-6-12-20(22(16)18)23(19)24(21)2/h3-14H,1-2H3/q+1. The summed E-state index contributed by atoms with van der Waals surface area (Å²) in [6.45, 7) is 2.18. The van der Waals surface area contributed by atoms with Crippen LogP contribution < -0.4 is 4.57 Å². The van der Waals surface area contributed by atoms with Crippen molar-refractivity contribution in [2.45, 2.75) is 6.92 Å². The topological polar surface area (TPSA) is 3.88 Å². The second-order valence-electron chi connectivity index (χ2n) is 6.56. The molecule has 1 nitrogen and oxygen atoms in total. The normalized spacial score (nSPS) is 11.8. The number of fused-ring (bicyclic) bond motifs is 3. The molecule has 0 bridgehead atoms. The number of aromatic nitrogens is 1. The van der Waals surface area contributed by atoms with Crippen molar-refractivity contribution in [1.29, 1.82) is 0 Å². The van der Waals surface area contributed by atoms with E-state index < -0.39 is 0 Å².